The van der Waals surface area contributed by atoms with Gasteiger partial charge in [0.25, 0.3) is 0 Å². The Bertz CT molecular complexity index is 404. The van der Waals surface area contributed by atoms with Gasteiger partial charge in [0.2, 0.25) is 10.0 Å². The van der Waals surface area contributed by atoms with Gasteiger partial charge in [0.1, 0.15) is 0 Å². The Morgan fingerprint density at radius 2 is 1.62 bits per heavy atom. The maximum absolute atomic E-state index is 12.9. The Balaban J connectivity index is 2.96. The van der Waals surface area contributed by atoms with E-state index in [4.69, 9.17) is 5.73 Å². The van der Waals surface area contributed by atoms with Crippen LogP contribution in [0.1, 0.15) is 72.6 Å². The largest absolute Gasteiger partial charge is 0.329 e. The lowest BCUT2D eigenvalue weighted by atomic mass is 9.90. The van der Waals surface area contributed by atoms with Crippen molar-refractivity contribution in [1.29, 1.82) is 0 Å². The molecule has 1 aliphatic carbocycles. The van der Waals surface area contributed by atoms with Crippen molar-refractivity contribution in [2.45, 2.75) is 78.2 Å². The van der Waals surface area contributed by atoms with Gasteiger partial charge in [-0.2, -0.15) is 4.31 Å². The fourth-order valence-electron chi connectivity index (χ4n) is 3.31. The zero-order valence-electron chi connectivity index (χ0n) is 14.3. The van der Waals surface area contributed by atoms with Crippen LogP contribution in [0.2, 0.25) is 0 Å². The van der Waals surface area contributed by atoms with Crippen molar-refractivity contribution in [2.24, 2.45) is 11.1 Å². The summed E-state index contributed by atoms with van der Waals surface area (Å²) in [6.45, 7) is 9.17. The maximum atomic E-state index is 12.9. The summed E-state index contributed by atoms with van der Waals surface area (Å²) in [5.74, 6) is 0.228. The Morgan fingerprint density at radius 3 is 2.00 bits per heavy atom. The first kappa shape index (κ1) is 18.9. The maximum Gasteiger partial charge on any atom is 0.214 e. The van der Waals surface area contributed by atoms with Crippen molar-refractivity contribution >= 4 is 10.0 Å². The van der Waals surface area contributed by atoms with Crippen LogP contribution in [0.25, 0.3) is 0 Å². The molecular weight excluding hydrogens is 284 g/mol. The van der Waals surface area contributed by atoms with E-state index in [1.165, 1.54) is 12.8 Å². The molecule has 0 spiro atoms. The van der Waals surface area contributed by atoms with E-state index in [9.17, 15) is 8.42 Å². The van der Waals surface area contributed by atoms with Gasteiger partial charge in [0, 0.05) is 18.6 Å². The van der Waals surface area contributed by atoms with Crippen molar-refractivity contribution in [3.8, 4) is 0 Å². The van der Waals surface area contributed by atoms with Crippen molar-refractivity contribution in [3.05, 3.63) is 0 Å². The quantitative estimate of drug-likeness (QED) is 0.765. The molecular formula is C16H34N2O2S. The molecule has 1 saturated carbocycles. The third kappa shape index (κ3) is 5.22. The Labute approximate surface area is 131 Å². The lowest BCUT2D eigenvalue weighted by Crippen LogP contribution is -2.56. The first-order valence-corrected chi connectivity index (χ1v) is 9.98. The predicted molar refractivity (Wildman–Crippen MR) is 89.7 cm³/mol. The molecule has 1 rings (SSSR count). The monoisotopic (exact) mass is 318 g/mol. The van der Waals surface area contributed by atoms with Crippen LogP contribution in [0, 0.1) is 5.41 Å². The van der Waals surface area contributed by atoms with Crippen molar-refractivity contribution < 1.29 is 8.42 Å². The molecule has 0 aromatic heterocycles. The van der Waals surface area contributed by atoms with E-state index in [0.29, 0.717) is 19.5 Å². The normalized spacial score (nSPS) is 20.5. The van der Waals surface area contributed by atoms with Gasteiger partial charge in [-0.15, -0.1) is 0 Å². The highest BCUT2D eigenvalue weighted by Gasteiger charge is 2.41. The highest BCUT2D eigenvalue weighted by Crippen LogP contribution is 2.34. The number of nitrogens with zero attached hydrogens (tertiary/aromatic N) is 1. The summed E-state index contributed by atoms with van der Waals surface area (Å²) >= 11 is 0. The molecule has 0 aromatic carbocycles. The molecule has 0 unspecified atom stereocenters. The smallest absolute Gasteiger partial charge is 0.214 e. The van der Waals surface area contributed by atoms with Crippen LogP contribution >= 0.6 is 0 Å². The molecule has 0 atom stereocenters. The zero-order valence-corrected chi connectivity index (χ0v) is 15.1. The molecule has 0 aromatic rings. The Morgan fingerprint density at radius 1 is 1.10 bits per heavy atom. The van der Waals surface area contributed by atoms with Gasteiger partial charge in [0.15, 0.2) is 0 Å². The summed E-state index contributed by atoms with van der Waals surface area (Å²) in [6, 6.07) is 0. The minimum Gasteiger partial charge on any atom is -0.329 e. The van der Waals surface area contributed by atoms with E-state index >= 15 is 0 Å². The molecule has 0 aliphatic heterocycles. The van der Waals surface area contributed by atoms with Crippen LogP contribution in [0.15, 0.2) is 0 Å². The first-order valence-electron chi connectivity index (χ1n) is 8.37. The van der Waals surface area contributed by atoms with Gasteiger partial charge < -0.3 is 5.73 Å². The summed E-state index contributed by atoms with van der Waals surface area (Å²) in [5.41, 5.74) is 5.74. The highest BCUT2D eigenvalue weighted by molar-refractivity contribution is 7.89. The van der Waals surface area contributed by atoms with E-state index in [-0.39, 0.29) is 16.7 Å². The van der Waals surface area contributed by atoms with Gasteiger partial charge in [-0.25, -0.2) is 8.42 Å². The number of nitrogens with two attached hydrogens (primary N) is 1. The zero-order chi connectivity index (χ0) is 16.1. The van der Waals surface area contributed by atoms with E-state index in [1.807, 2.05) is 6.92 Å². The van der Waals surface area contributed by atoms with Gasteiger partial charge in [-0.05, 0) is 24.7 Å². The van der Waals surface area contributed by atoms with E-state index in [0.717, 1.165) is 25.7 Å². The molecule has 0 saturated heterocycles. The second-order valence-electron chi connectivity index (χ2n) is 7.63. The van der Waals surface area contributed by atoms with Crippen LogP contribution < -0.4 is 5.73 Å². The molecule has 0 amide bonds. The minimum atomic E-state index is -3.24. The standard InChI is InChI=1S/C16H34N2O2S/c1-5-18(21(19,20)13-12-15(2,3)4)16(14-17)10-8-6-7-9-11-16/h5-14,17H2,1-4H3. The van der Waals surface area contributed by atoms with Crippen molar-refractivity contribution in [3.63, 3.8) is 0 Å². The number of likely N-dealkylation sites (N-methyl/N-ethyl adjacent to an activating group) is 1. The predicted octanol–water partition coefficient (Wildman–Crippen LogP) is 3.13. The van der Waals surface area contributed by atoms with Gasteiger partial charge >= 0.3 is 0 Å². The second-order valence-corrected chi connectivity index (χ2v) is 9.65. The van der Waals surface area contributed by atoms with Crippen LogP contribution in [0.4, 0.5) is 0 Å². The average molecular weight is 319 g/mol. The molecule has 1 aliphatic rings. The minimum absolute atomic E-state index is 0.0335. The van der Waals surface area contributed by atoms with Gasteiger partial charge in [0.05, 0.1) is 5.75 Å². The molecule has 1 fully saturated rings. The second kappa shape index (κ2) is 7.42. The number of rotatable bonds is 6. The molecule has 0 bridgehead atoms. The van der Waals surface area contributed by atoms with Gasteiger partial charge in [-0.1, -0.05) is 53.4 Å². The molecule has 0 radical (unpaired) electrons. The third-order valence-electron chi connectivity index (χ3n) is 4.68. The summed E-state index contributed by atoms with van der Waals surface area (Å²) in [7, 11) is -3.24. The molecule has 0 heterocycles. The topological polar surface area (TPSA) is 63.4 Å². The Hall–Kier alpha value is -0.130. The summed E-state index contributed by atoms with van der Waals surface area (Å²) in [4.78, 5) is 0. The lowest BCUT2D eigenvalue weighted by Gasteiger charge is -2.42. The molecule has 2 N–H and O–H groups in total. The van der Waals surface area contributed by atoms with Crippen molar-refractivity contribution in [2.75, 3.05) is 18.8 Å². The number of hydrogen-bond acceptors (Lipinski definition) is 3. The molecule has 126 valence electrons. The first-order chi connectivity index (χ1) is 9.67. The van der Waals surface area contributed by atoms with Crippen molar-refractivity contribution in [1.82, 2.24) is 4.31 Å². The van der Waals surface area contributed by atoms with E-state index in [1.54, 1.807) is 4.31 Å². The summed E-state index contributed by atoms with van der Waals surface area (Å²) in [5, 5.41) is 0. The van der Waals surface area contributed by atoms with Gasteiger partial charge in [-0.3, -0.25) is 0 Å². The van der Waals surface area contributed by atoms with E-state index < -0.39 is 10.0 Å². The Kier molecular flexibility index (Phi) is 6.69. The fraction of sp³-hybridized carbons (Fsp3) is 1.00. The fourth-order valence-corrected chi connectivity index (χ4v) is 5.65. The third-order valence-corrected chi connectivity index (χ3v) is 6.71. The SMILES string of the molecule is CCN(C1(CN)CCCCCC1)S(=O)(=O)CCC(C)(C)C. The van der Waals surface area contributed by atoms with Crippen LogP contribution in [0.3, 0.4) is 0 Å². The lowest BCUT2D eigenvalue weighted by molar-refractivity contribution is 0.173. The van der Waals surface area contributed by atoms with E-state index in [2.05, 4.69) is 20.8 Å². The van der Waals surface area contributed by atoms with Crippen LogP contribution in [-0.2, 0) is 10.0 Å². The summed E-state index contributed by atoms with van der Waals surface area (Å²) < 4.78 is 27.4. The number of hydrogen-bond donors (Lipinski definition) is 1. The highest BCUT2D eigenvalue weighted by atomic mass is 32.2. The number of sulfonamides is 1. The molecule has 5 heteroatoms. The van der Waals surface area contributed by atoms with Crippen LogP contribution in [-0.4, -0.2) is 37.1 Å². The molecule has 21 heavy (non-hydrogen) atoms. The van der Waals surface area contributed by atoms with Crippen LogP contribution in [0.5, 0.6) is 0 Å². The summed E-state index contributed by atoms with van der Waals surface area (Å²) in [6.07, 6.45) is 7.07. The molecule has 4 nitrogen and oxygen atoms in total. The average Bonchev–Trinajstić information content (AvgIpc) is 2.63.